The molecule has 0 radical (unpaired) electrons. The number of Topliss-reactive ketones (excluding diaryl/α,β-unsaturated/α-hetero) is 1. The number of allylic oxidation sites excluding steroid dienone is 4. The Labute approximate surface area is 323 Å². The second-order valence-electron chi connectivity index (χ2n) is 17.1. The molecule has 2 aromatic rings. The Bertz CT molecular complexity index is 2120. The number of nitrogens with one attached hydrogen (secondary N) is 1. The Morgan fingerprint density at radius 1 is 1.11 bits per heavy atom. The van der Waals surface area contributed by atoms with Gasteiger partial charge in [-0.15, -0.1) is 0 Å². The number of ether oxygens (including phenoxy) is 3. The number of ketones is 2. The van der Waals surface area contributed by atoms with Gasteiger partial charge in [0.1, 0.15) is 30.1 Å². The van der Waals surface area contributed by atoms with E-state index in [0.29, 0.717) is 50.0 Å². The molecule has 6 aliphatic rings. The summed E-state index contributed by atoms with van der Waals surface area (Å²) in [7, 11) is 1.44. The summed E-state index contributed by atoms with van der Waals surface area (Å²) in [6.07, 6.45) is 7.20. The van der Waals surface area contributed by atoms with Crippen molar-refractivity contribution in [3.05, 3.63) is 57.7 Å². The number of pyridine rings is 1. The topological polar surface area (TPSA) is 157 Å². The molecule has 2 heterocycles. The van der Waals surface area contributed by atoms with E-state index >= 15 is 8.78 Å². The van der Waals surface area contributed by atoms with Crippen LogP contribution in [0.2, 0.25) is 0 Å². The van der Waals surface area contributed by atoms with Gasteiger partial charge in [0.05, 0.1) is 30.7 Å². The van der Waals surface area contributed by atoms with Gasteiger partial charge >= 0.3 is 5.97 Å². The number of carbonyl (C=O) groups is 3. The minimum Gasteiger partial charge on any atom is -0.492 e. The van der Waals surface area contributed by atoms with Crippen molar-refractivity contribution in [1.82, 2.24) is 9.88 Å². The molecular formula is C42H51F2N3O9. The third kappa shape index (κ3) is 5.56. The van der Waals surface area contributed by atoms with Crippen LogP contribution in [0.25, 0.3) is 10.9 Å². The average molecular weight is 780 g/mol. The number of hydrogen-bond acceptors (Lipinski definition) is 11. The number of aromatic nitrogens is 1. The van der Waals surface area contributed by atoms with Gasteiger partial charge in [-0.2, -0.15) is 0 Å². The van der Waals surface area contributed by atoms with E-state index in [0.717, 1.165) is 12.8 Å². The molecule has 12 nitrogen and oxygen atoms in total. The molecule has 4 saturated carbocycles. The highest BCUT2D eigenvalue weighted by atomic mass is 19.1. The van der Waals surface area contributed by atoms with Crippen LogP contribution >= 0.6 is 0 Å². The molecule has 1 aromatic carbocycles. The van der Waals surface area contributed by atoms with Crippen LogP contribution in [-0.2, 0) is 19.1 Å². The van der Waals surface area contributed by atoms with Gasteiger partial charge < -0.3 is 39.2 Å². The lowest BCUT2D eigenvalue weighted by Crippen LogP contribution is -2.69. The predicted molar refractivity (Wildman–Crippen MR) is 202 cm³/mol. The third-order valence-corrected chi connectivity index (χ3v) is 14.3. The Morgan fingerprint density at radius 2 is 1.88 bits per heavy atom. The lowest BCUT2D eigenvalue weighted by Gasteiger charge is -2.63. The number of halogens is 2. The van der Waals surface area contributed by atoms with E-state index in [1.54, 1.807) is 24.5 Å². The summed E-state index contributed by atoms with van der Waals surface area (Å²) in [5.74, 6) is -3.22. The largest absolute Gasteiger partial charge is 0.492 e. The maximum Gasteiger partial charge on any atom is 0.343 e. The van der Waals surface area contributed by atoms with Crippen LogP contribution in [0.4, 0.5) is 14.5 Å². The molecule has 8 rings (SSSR count). The van der Waals surface area contributed by atoms with E-state index in [2.05, 4.69) is 5.32 Å². The lowest BCUT2D eigenvalue weighted by molar-refractivity contribution is -0.226. The quantitative estimate of drug-likeness (QED) is 0.236. The van der Waals surface area contributed by atoms with Gasteiger partial charge in [-0.05, 0) is 82.9 Å². The summed E-state index contributed by atoms with van der Waals surface area (Å²) < 4.78 is 53.1. The number of hydrogen-bond donors (Lipinski definition) is 3. The van der Waals surface area contributed by atoms with Crippen molar-refractivity contribution in [2.75, 3.05) is 51.5 Å². The first-order chi connectivity index (χ1) is 26.6. The first-order valence-electron chi connectivity index (χ1n) is 19.8. The molecule has 3 N–H and O–H groups in total. The van der Waals surface area contributed by atoms with Crippen molar-refractivity contribution in [2.24, 2.45) is 22.7 Å². The van der Waals surface area contributed by atoms with Crippen molar-refractivity contribution < 1.29 is 47.6 Å². The Hall–Kier alpha value is -3.98. The highest BCUT2D eigenvalue weighted by molar-refractivity contribution is 6.01. The van der Waals surface area contributed by atoms with Crippen LogP contribution < -0.4 is 20.4 Å². The molecule has 5 aliphatic carbocycles. The molecule has 1 saturated heterocycles. The van der Waals surface area contributed by atoms with Gasteiger partial charge in [-0.25, -0.2) is 13.6 Å². The van der Waals surface area contributed by atoms with E-state index in [4.69, 9.17) is 14.2 Å². The number of methoxy groups -OCH3 is 1. The summed E-state index contributed by atoms with van der Waals surface area (Å²) in [5, 5.41) is 25.3. The summed E-state index contributed by atoms with van der Waals surface area (Å²) in [5.41, 5.74) is -5.64. The molecule has 5 fully saturated rings. The number of rotatable bonds is 10. The van der Waals surface area contributed by atoms with Gasteiger partial charge in [0, 0.05) is 54.7 Å². The zero-order valence-corrected chi connectivity index (χ0v) is 32.4. The number of carbonyl (C=O) groups excluding carboxylic acids is 3. The second-order valence-corrected chi connectivity index (χ2v) is 17.1. The maximum absolute atomic E-state index is 17.6. The smallest absolute Gasteiger partial charge is 0.343 e. The number of aliphatic hydroxyl groups is 2. The fraction of sp³-hybridized carbons (Fsp3) is 0.619. The summed E-state index contributed by atoms with van der Waals surface area (Å²) in [6.45, 7) is 5.80. The van der Waals surface area contributed by atoms with Crippen molar-refractivity contribution >= 4 is 34.1 Å². The first kappa shape index (κ1) is 38.9. The number of benzene rings is 1. The molecule has 14 heteroatoms. The van der Waals surface area contributed by atoms with Crippen molar-refractivity contribution in [2.45, 2.75) is 95.2 Å². The number of aliphatic hydroxyl groups excluding tert-OH is 2. The minimum absolute atomic E-state index is 0.00408. The molecular weight excluding hydrogens is 728 g/mol. The van der Waals surface area contributed by atoms with Crippen molar-refractivity contribution in [3.63, 3.8) is 0 Å². The number of fused-ring (bicyclic) bond motifs is 6. The number of piperazine rings is 1. The van der Waals surface area contributed by atoms with Gasteiger partial charge in [0.15, 0.2) is 28.8 Å². The van der Waals surface area contributed by atoms with Crippen molar-refractivity contribution in [1.29, 1.82) is 0 Å². The fourth-order valence-corrected chi connectivity index (χ4v) is 11.4. The van der Waals surface area contributed by atoms with Gasteiger partial charge in [-0.3, -0.25) is 14.4 Å². The van der Waals surface area contributed by atoms with Crippen LogP contribution in [0.5, 0.6) is 5.75 Å². The van der Waals surface area contributed by atoms with Crippen molar-refractivity contribution in [3.8, 4) is 5.75 Å². The van der Waals surface area contributed by atoms with Crippen LogP contribution in [0.15, 0.2) is 40.9 Å². The second kappa shape index (κ2) is 13.8. The monoisotopic (exact) mass is 779 g/mol. The van der Waals surface area contributed by atoms with Crippen LogP contribution in [0.1, 0.15) is 82.1 Å². The molecule has 1 aromatic heterocycles. The lowest BCUT2D eigenvalue weighted by atomic mass is 9.44. The van der Waals surface area contributed by atoms with E-state index in [-0.39, 0.29) is 66.3 Å². The molecule has 8 atom stereocenters. The molecule has 1 aliphatic heterocycles. The maximum atomic E-state index is 17.6. The summed E-state index contributed by atoms with van der Waals surface area (Å²) >= 11 is 0. The standard InChI is InChI=1S/C42H51F2N3O9/c1-23-20-46(14-13-45-23)35-31(43)18-27-34(37(35)54-4)47(25-6-7-25)21-28(36(27)52)38(53)55-15-16-56-41(33(51)22-48)12-10-29-30-8-5-24-17-26(49)9-11-39(24,2)42(30,44)32(50)19-40(29,41)3/h9,11,17-18,21,23,25,29-30,32,45,48,50H,5-8,10,12-16,19-20,22H2,1-4H3/t23?,29-,30?,32-,39-,40-,41-,42-/m0/s1. The molecule has 56 heavy (non-hydrogen) atoms. The van der Waals surface area contributed by atoms with Gasteiger partial charge in [0.2, 0.25) is 5.43 Å². The van der Waals surface area contributed by atoms with Gasteiger partial charge in [0.25, 0.3) is 0 Å². The van der Waals surface area contributed by atoms with Crippen LogP contribution in [0.3, 0.4) is 0 Å². The Morgan fingerprint density at radius 3 is 2.57 bits per heavy atom. The average Bonchev–Trinajstić information content (AvgIpc) is 3.97. The fourth-order valence-electron chi connectivity index (χ4n) is 11.4. The molecule has 0 bridgehead atoms. The highest BCUT2D eigenvalue weighted by Gasteiger charge is 2.74. The van der Waals surface area contributed by atoms with Gasteiger partial charge in [-0.1, -0.05) is 18.6 Å². The molecule has 302 valence electrons. The number of anilines is 1. The van der Waals surface area contributed by atoms with E-state index in [1.807, 2.05) is 11.8 Å². The van der Waals surface area contributed by atoms with E-state index < -0.39 is 69.6 Å². The number of esters is 1. The Balaban J connectivity index is 1.04. The first-order valence-corrected chi connectivity index (χ1v) is 19.8. The zero-order chi connectivity index (χ0) is 39.9. The Kier molecular flexibility index (Phi) is 9.61. The van der Waals surface area contributed by atoms with E-state index in [9.17, 15) is 29.4 Å². The summed E-state index contributed by atoms with van der Waals surface area (Å²) in [6, 6.07) is 1.26. The van der Waals surface area contributed by atoms with E-state index in [1.165, 1.54) is 31.5 Å². The number of alkyl halides is 1. The molecule has 2 unspecified atom stereocenters. The molecule has 0 spiro atoms. The zero-order valence-electron chi connectivity index (χ0n) is 32.4. The number of nitrogens with zero attached hydrogens (tertiary/aromatic N) is 2. The van der Waals surface area contributed by atoms with Crippen LogP contribution in [-0.4, -0.2) is 102 Å². The normalized spacial score (nSPS) is 35.1. The third-order valence-electron chi connectivity index (χ3n) is 14.3. The SMILES string of the molecule is COc1c(N2CCNC(C)C2)c(F)cc2c(=O)c(C(=O)OCCO[C@]3(C(=O)CO)CC[C@H]4C5CCC6=CC(=O)C=C[C@]6(C)[C@@]5(F)[C@@H](O)C[C@@]43C)cn(C3CC3)c12. The highest BCUT2D eigenvalue weighted by Crippen LogP contribution is 2.70. The minimum atomic E-state index is -2.10. The molecule has 0 amide bonds. The predicted octanol–water partition coefficient (Wildman–Crippen LogP) is 4.13. The summed E-state index contributed by atoms with van der Waals surface area (Å²) in [4.78, 5) is 55.3. The van der Waals surface area contributed by atoms with Crippen LogP contribution in [0, 0.1) is 28.5 Å².